The Bertz CT molecular complexity index is 746. The number of aromatic nitrogens is 2. The first-order chi connectivity index (χ1) is 9.20. The predicted molar refractivity (Wildman–Crippen MR) is 76.3 cm³/mol. The summed E-state index contributed by atoms with van der Waals surface area (Å²) in [6.45, 7) is 1.98. The van der Waals surface area contributed by atoms with Gasteiger partial charge in [-0.2, -0.15) is 0 Å². The second kappa shape index (κ2) is 4.31. The SMILES string of the molecule is COc1ccccc1-c1cn2ccc(C)c(N)c2n1. The molecule has 0 aliphatic carbocycles. The maximum atomic E-state index is 6.07. The maximum absolute atomic E-state index is 6.07. The van der Waals surface area contributed by atoms with Gasteiger partial charge in [0.15, 0.2) is 5.65 Å². The number of aryl methyl sites for hydroxylation is 1. The summed E-state index contributed by atoms with van der Waals surface area (Å²) < 4.78 is 7.30. The normalized spacial score (nSPS) is 10.8. The third-order valence-electron chi connectivity index (χ3n) is 3.27. The van der Waals surface area contributed by atoms with Gasteiger partial charge in [0, 0.05) is 18.0 Å². The molecule has 1 aromatic carbocycles. The number of rotatable bonds is 2. The molecule has 3 aromatic rings. The number of anilines is 1. The zero-order chi connectivity index (χ0) is 13.4. The van der Waals surface area contributed by atoms with Crippen molar-refractivity contribution in [2.24, 2.45) is 0 Å². The molecule has 0 aliphatic rings. The summed E-state index contributed by atoms with van der Waals surface area (Å²) in [5, 5.41) is 0. The molecule has 0 saturated carbocycles. The van der Waals surface area contributed by atoms with E-state index in [9.17, 15) is 0 Å². The minimum absolute atomic E-state index is 0.712. The average molecular weight is 253 g/mol. The lowest BCUT2D eigenvalue weighted by atomic mass is 10.1. The Balaban J connectivity index is 2.24. The number of methoxy groups -OCH3 is 1. The van der Waals surface area contributed by atoms with Crippen molar-refractivity contribution in [3.63, 3.8) is 0 Å². The number of nitrogen functional groups attached to an aromatic ring is 1. The second-order valence-corrected chi connectivity index (χ2v) is 4.47. The van der Waals surface area contributed by atoms with E-state index >= 15 is 0 Å². The van der Waals surface area contributed by atoms with Gasteiger partial charge in [0.1, 0.15) is 5.75 Å². The van der Waals surface area contributed by atoms with Gasteiger partial charge in [-0.1, -0.05) is 12.1 Å². The Morgan fingerprint density at radius 1 is 1.21 bits per heavy atom. The molecule has 3 rings (SSSR count). The molecule has 4 heteroatoms. The highest BCUT2D eigenvalue weighted by molar-refractivity contribution is 5.75. The van der Waals surface area contributed by atoms with Gasteiger partial charge in [0.25, 0.3) is 0 Å². The first kappa shape index (κ1) is 11.6. The van der Waals surface area contributed by atoms with E-state index in [1.807, 2.05) is 54.0 Å². The van der Waals surface area contributed by atoms with Crippen LogP contribution in [0.15, 0.2) is 42.7 Å². The van der Waals surface area contributed by atoms with E-state index in [0.717, 1.165) is 28.2 Å². The van der Waals surface area contributed by atoms with Crippen LogP contribution in [-0.2, 0) is 0 Å². The number of hydrogen-bond donors (Lipinski definition) is 1. The number of fused-ring (bicyclic) bond motifs is 1. The molecule has 0 bridgehead atoms. The summed E-state index contributed by atoms with van der Waals surface area (Å²) in [4.78, 5) is 4.61. The fraction of sp³-hybridized carbons (Fsp3) is 0.133. The highest BCUT2D eigenvalue weighted by atomic mass is 16.5. The van der Waals surface area contributed by atoms with Crippen molar-refractivity contribution >= 4 is 11.3 Å². The van der Waals surface area contributed by atoms with Gasteiger partial charge in [0.2, 0.25) is 0 Å². The van der Waals surface area contributed by atoms with Crippen LogP contribution in [0.2, 0.25) is 0 Å². The zero-order valence-electron chi connectivity index (χ0n) is 10.9. The number of nitrogens with two attached hydrogens (primary N) is 1. The lowest BCUT2D eigenvalue weighted by Crippen LogP contribution is -1.94. The molecule has 0 aliphatic heterocycles. The highest BCUT2D eigenvalue weighted by Gasteiger charge is 2.11. The van der Waals surface area contributed by atoms with Crippen molar-refractivity contribution in [2.75, 3.05) is 12.8 Å². The largest absolute Gasteiger partial charge is 0.496 e. The summed E-state index contributed by atoms with van der Waals surface area (Å²) in [6, 6.07) is 9.81. The summed E-state index contributed by atoms with van der Waals surface area (Å²) in [6.07, 6.45) is 3.93. The summed E-state index contributed by atoms with van der Waals surface area (Å²) in [5.41, 5.74) is 10.4. The molecule has 0 saturated heterocycles. The molecule has 0 fully saturated rings. The van der Waals surface area contributed by atoms with Crippen LogP contribution in [0, 0.1) is 6.92 Å². The Labute approximate surface area is 111 Å². The molecule has 0 amide bonds. The number of ether oxygens (including phenoxy) is 1. The zero-order valence-corrected chi connectivity index (χ0v) is 10.9. The maximum Gasteiger partial charge on any atom is 0.160 e. The number of imidazole rings is 1. The smallest absolute Gasteiger partial charge is 0.160 e. The van der Waals surface area contributed by atoms with Gasteiger partial charge in [-0.15, -0.1) is 0 Å². The number of para-hydroxylation sites is 1. The minimum atomic E-state index is 0.712. The fourth-order valence-electron chi connectivity index (χ4n) is 2.15. The van der Waals surface area contributed by atoms with Gasteiger partial charge in [-0.3, -0.25) is 0 Å². The van der Waals surface area contributed by atoms with Crippen LogP contribution in [0.5, 0.6) is 5.75 Å². The third-order valence-corrected chi connectivity index (χ3v) is 3.27. The van der Waals surface area contributed by atoms with E-state index in [2.05, 4.69) is 4.98 Å². The van der Waals surface area contributed by atoms with E-state index in [1.165, 1.54) is 0 Å². The van der Waals surface area contributed by atoms with Crippen LogP contribution >= 0.6 is 0 Å². The van der Waals surface area contributed by atoms with E-state index in [1.54, 1.807) is 7.11 Å². The average Bonchev–Trinajstić information content (AvgIpc) is 2.87. The van der Waals surface area contributed by atoms with Crippen LogP contribution < -0.4 is 10.5 Å². The highest BCUT2D eigenvalue weighted by Crippen LogP contribution is 2.30. The molecule has 4 nitrogen and oxygen atoms in total. The van der Waals surface area contributed by atoms with Crippen molar-refractivity contribution in [3.05, 3.63) is 48.3 Å². The molecule has 0 unspecified atom stereocenters. The molecule has 0 atom stereocenters. The number of hydrogen-bond acceptors (Lipinski definition) is 3. The lowest BCUT2D eigenvalue weighted by molar-refractivity contribution is 0.416. The quantitative estimate of drug-likeness (QED) is 0.764. The summed E-state index contributed by atoms with van der Waals surface area (Å²) >= 11 is 0. The van der Waals surface area contributed by atoms with E-state index in [-0.39, 0.29) is 0 Å². The van der Waals surface area contributed by atoms with Crippen molar-refractivity contribution < 1.29 is 4.74 Å². The third kappa shape index (κ3) is 1.81. The number of pyridine rings is 1. The van der Waals surface area contributed by atoms with Crippen molar-refractivity contribution in [1.29, 1.82) is 0 Å². The minimum Gasteiger partial charge on any atom is -0.496 e. The van der Waals surface area contributed by atoms with Crippen molar-refractivity contribution in [3.8, 4) is 17.0 Å². The molecule has 96 valence electrons. The Hall–Kier alpha value is -2.49. The number of benzene rings is 1. The molecule has 2 heterocycles. The number of nitrogens with zero attached hydrogens (tertiary/aromatic N) is 2. The van der Waals surface area contributed by atoms with E-state index in [4.69, 9.17) is 10.5 Å². The first-order valence-electron chi connectivity index (χ1n) is 6.08. The first-order valence-corrected chi connectivity index (χ1v) is 6.08. The summed E-state index contributed by atoms with van der Waals surface area (Å²) in [5.74, 6) is 0.807. The fourth-order valence-corrected chi connectivity index (χ4v) is 2.15. The van der Waals surface area contributed by atoms with Gasteiger partial charge in [-0.05, 0) is 30.7 Å². The van der Waals surface area contributed by atoms with E-state index in [0.29, 0.717) is 5.69 Å². The topological polar surface area (TPSA) is 52.5 Å². The van der Waals surface area contributed by atoms with Crippen LogP contribution in [0.1, 0.15) is 5.56 Å². The van der Waals surface area contributed by atoms with Crippen molar-refractivity contribution in [1.82, 2.24) is 9.38 Å². The monoisotopic (exact) mass is 253 g/mol. The van der Waals surface area contributed by atoms with Gasteiger partial charge < -0.3 is 14.9 Å². The predicted octanol–water partition coefficient (Wildman–Crippen LogP) is 2.90. The molecular weight excluding hydrogens is 238 g/mol. The standard InChI is InChI=1S/C15H15N3O/c1-10-7-8-18-9-12(17-15(18)14(10)16)11-5-3-4-6-13(11)19-2/h3-9H,16H2,1-2H3. The van der Waals surface area contributed by atoms with Crippen LogP contribution in [0.3, 0.4) is 0 Å². The molecule has 19 heavy (non-hydrogen) atoms. The molecule has 2 aromatic heterocycles. The van der Waals surface area contributed by atoms with Crippen molar-refractivity contribution in [2.45, 2.75) is 6.92 Å². The van der Waals surface area contributed by atoms with Gasteiger partial charge in [-0.25, -0.2) is 4.98 Å². The van der Waals surface area contributed by atoms with Gasteiger partial charge >= 0.3 is 0 Å². The Kier molecular flexibility index (Phi) is 2.63. The Morgan fingerprint density at radius 2 is 2.00 bits per heavy atom. The second-order valence-electron chi connectivity index (χ2n) is 4.47. The lowest BCUT2D eigenvalue weighted by Gasteiger charge is -2.04. The molecule has 0 spiro atoms. The molecule has 0 radical (unpaired) electrons. The van der Waals surface area contributed by atoms with Gasteiger partial charge in [0.05, 0.1) is 18.5 Å². The van der Waals surface area contributed by atoms with Crippen LogP contribution in [0.25, 0.3) is 16.9 Å². The summed E-state index contributed by atoms with van der Waals surface area (Å²) in [7, 11) is 1.66. The Morgan fingerprint density at radius 3 is 2.79 bits per heavy atom. The molecule has 2 N–H and O–H groups in total. The van der Waals surface area contributed by atoms with Crippen LogP contribution in [0.4, 0.5) is 5.69 Å². The molecular formula is C15H15N3O. The van der Waals surface area contributed by atoms with Crippen LogP contribution in [-0.4, -0.2) is 16.5 Å². The van der Waals surface area contributed by atoms with E-state index < -0.39 is 0 Å².